The van der Waals surface area contributed by atoms with Crippen LogP contribution in [0.3, 0.4) is 0 Å². The van der Waals surface area contributed by atoms with Crippen LogP contribution in [0.25, 0.3) is 11.2 Å². The first-order chi connectivity index (χ1) is 5.70. The van der Waals surface area contributed by atoms with Crippen LogP contribution < -0.4 is 4.57 Å². The number of nitrogens with one attached hydrogen (secondary N) is 1. The highest BCUT2D eigenvalue weighted by molar-refractivity contribution is 5.70. The third-order valence-electron chi connectivity index (χ3n) is 2.24. The number of imidazole rings is 1. The predicted molar refractivity (Wildman–Crippen MR) is 44.5 cm³/mol. The van der Waals surface area contributed by atoms with Crippen LogP contribution in [0.1, 0.15) is 11.5 Å². The predicted octanol–water partition coefficient (Wildman–Crippen LogP) is 0.399. The molecule has 62 valence electrons. The molecule has 2 aromatic rings. The van der Waals surface area contributed by atoms with Crippen LogP contribution in [0.4, 0.5) is 0 Å². The van der Waals surface area contributed by atoms with E-state index in [1.54, 1.807) is 6.33 Å². The zero-order valence-electron chi connectivity index (χ0n) is 7.42. The topological polar surface area (TPSA) is 45.5 Å². The normalized spacial score (nSPS) is 10.9. The number of aromatic nitrogens is 4. The van der Waals surface area contributed by atoms with E-state index < -0.39 is 0 Å². The largest absolute Gasteiger partial charge is 0.338 e. The van der Waals surface area contributed by atoms with E-state index in [2.05, 4.69) is 21.9 Å². The lowest BCUT2D eigenvalue weighted by atomic mass is 10.3. The molecule has 1 N–H and O–H groups in total. The first-order valence-corrected chi connectivity index (χ1v) is 3.86. The van der Waals surface area contributed by atoms with Crippen molar-refractivity contribution in [2.75, 3.05) is 0 Å². The maximum atomic E-state index is 4.32. The molecule has 4 nitrogen and oxygen atoms in total. The molecule has 0 radical (unpaired) electrons. The summed E-state index contributed by atoms with van der Waals surface area (Å²) in [7, 11) is 2.00. The number of hydrogen-bond donors (Lipinski definition) is 1. The third-order valence-corrected chi connectivity index (χ3v) is 2.24. The standard InChI is InChI=1S/C8H10N4/c1-5-7-8(10-4-9-7)11-6(2)12(5)3/h4H,1-3H3/p+1. The van der Waals surface area contributed by atoms with Crippen LogP contribution in [-0.4, -0.2) is 15.0 Å². The Morgan fingerprint density at radius 2 is 2.17 bits per heavy atom. The summed E-state index contributed by atoms with van der Waals surface area (Å²) in [5, 5.41) is 0. The molecule has 2 aromatic heterocycles. The third kappa shape index (κ3) is 0.809. The number of hydrogen-bond acceptors (Lipinski definition) is 2. The molecule has 0 saturated heterocycles. The molecule has 0 fully saturated rings. The van der Waals surface area contributed by atoms with Crippen molar-refractivity contribution in [3.63, 3.8) is 0 Å². The summed E-state index contributed by atoms with van der Waals surface area (Å²) in [6.07, 6.45) is 1.67. The van der Waals surface area contributed by atoms with E-state index >= 15 is 0 Å². The molecular formula is C8H11N4+. The Morgan fingerprint density at radius 1 is 1.42 bits per heavy atom. The van der Waals surface area contributed by atoms with Gasteiger partial charge in [0, 0.05) is 6.92 Å². The lowest BCUT2D eigenvalue weighted by molar-refractivity contribution is -0.685. The molecule has 2 rings (SSSR count). The second-order valence-corrected chi connectivity index (χ2v) is 2.90. The van der Waals surface area contributed by atoms with Gasteiger partial charge in [-0.3, -0.25) is 0 Å². The van der Waals surface area contributed by atoms with Gasteiger partial charge in [0.05, 0.1) is 13.4 Å². The van der Waals surface area contributed by atoms with Crippen molar-refractivity contribution in [1.82, 2.24) is 15.0 Å². The Balaban J connectivity index is 2.94. The summed E-state index contributed by atoms with van der Waals surface area (Å²) in [4.78, 5) is 11.5. The van der Waals surface area contributed by atoms with Crippen molar-refractivity contribution in [1.29, 1.82) is 0 Å². The fourth-order valence-corrected chi connectivity index (χ4v) is 1.28. The van der Waals surface area contributed by atoms with Crippen molar-refractivity contribution >= 4 is 11.2 Å². The fraction of sp³-hybridized carbons (Fsp3) is 0.375. The molecule has 0 aliphatic heterocycles. The second kappa shape index (κ2) is 2.27. The molecule has 0 unspecified atom stereocenters. The van der Waals surface area contributed by atoms with Crippen LogP contribution in [-0.2, 0) is 7.05 Å². The van der Waals surface area contributed by atoms with Crippen LogP contribution in [0.2, 0.25) is 0 Å². The highest BCUT2D eigenvalue weighted by Crippen LogP contribution is 2.07. The Kier molecular flexibility index (Phi) is 1.36. The van der Waals surface area contributed by atoms with E-state index in [-0.39, 0.29) is 0 Å². The molecule has 0 amide bonds. The lowest BCUT2D eigenvalue weighted by Crippen LogP contribution is -2.36. The average Bonchev–Trinajstić information content (AvgIpc) is 2.48. The Morgan fingerprint density at radius 3 is 2.92 bits per heavy atom. The SMILES string of the molecule is Cc1nc2nc[nH]c2c(C)[n+]1C. The first-order valence-electron chi connectivity index (χ1n) is 3.86. The summed E-state index contributed by atoms with van der Waals surface area (Å²) in [6, 6.07) is 0. The highest BCUT2D eigenvalue weighted by atomic mass is 15.1. The Bertz CT molecular complexity index is 430. The molecular weight excluding hydrogens is 152 g/mol. The summed E-state index contributed by atoms with van der Waals surface area (Å²) in [5.74, 6) is 0.979. The summed E-state index contributed by atoms with van der Waals surface area (Å²) < 4.78 is 2.04. The van der Waals surface area contributed by atoms with E-state index in [4.69, 9.17) is 0 Å². The summed E-state index contributed by atoms with van der Waals surface area (Å²) >= 11 is 0. The van der Waals surface area contributed by atoms with Crippen molar-refractivity contribution in [2.24, 2.45) is 7.05 Å². The van der Waals surface area contributed by atoms with E-state index in [0.29, 0.717) is 0 Å². The number of H-pyrrole nitrogens is 1. The van der Waals surface area contributed by atoms with Crippen LogP contribution in [0.15, 0.2) is 6.33 Å². The quantitative estimate of drug-likeness (QED) is 0.571. The van der Waals surface area contributed by atoms with Crippen LogP contribution >= 0.6 is 0 Å². The molecule has 0 bridgehead atoms. The van der Waals surface area contributed by atoms with Crippen molar-refractivity contribution in [3.8, 4) is 0 Å². The first kappa shape index (κ1) is 7.21. The molecule has 2 heterocycles. The minimum absolute atomic E-state index is 0.795. The molecule has 0 aromatic carbocycles. The zero-order valence-corrected chi connectivity index (χ0v) is 7.42. The Labute approximate surface area is 70.3 Å². The molecule has 0 atom stereocenters. The minimum atomic E-state index is 0.795. The van der Waals surface area contributed by atoms with E-state index in [0.717, 1.165) is 22.7 Å². The van der Waals surface area contributed by atoms with Crippen LogP contribution in [0.5, 0.6) is 0 Å². The summed E-state index contributed by atoms with van der Waals surface area (Å²) in [5.41, 5.74) is 2.97. The molecule has 0 aliphatic carbocycles. The fourth-order valence-electron chi connectivity index (χ4n) is 1.28. The monoisotopic (exact) mass is 163 g/mol. The van der Waals surface area contributed by atoms with E-state index in [1.807, 2.05) is 18.5 Å². The average molecular weight is 163 g/mol. The minimum Gasteiger partial charge on any atom is -0.338 e. The maximum Gasteiger partial charge on any atom is 0.298 e. The van der Waals surface area contributed by atoms with Gasteiger partial charge >= 0.3 is 0 Å². The van der Waals surface area contributed by atoms with Gasteiger partial charge in [-0.2, -0.15) is 4.98 Å². The van der Waals surface area contributed by atoms with Crippen molar-refractivity contribution in [3.05, 3.63) is 17.8 Å². The second-order valence-electron chi connectivity index (χ2n) is 2.90. The van der Waals surface area contributed by atoms with Gasteiger partial charge < -0.3 is 4.98 Å². The van der Waals surface area contributed by atoms with Crippen molar-refractivity contribution in [2.45, 2.75) is 13.8 Å². The van der Waals surface area contributed by atoms with Crippen LogP contribution in [0, 0.1) is 13.8 Å². The maximum absolute atomic E-state index is 4.32. The number of fused-ring (bicyclic) bond motifs is 1. The van der Waals surface area contributed by atoms with Gasteiger partial charge in [0.2, 0.25) is 0 Å². The van der Waals surface area contributed by atoms with Gasteiger partial charge in [-0.25, -0.2) is 4.57 Å². The van der Waals surface area contributed by atoms with Gasteiger partial charge in [-0.1, -0.05) is 0 Å². The number of aromatic amines is 1. The molecule has 0 spiro atoms. The zero-order chi connectivity index (χ0) is 8.72. The Hall–Kier alpha value is -1.45. The molecule has 0 saturated carbocycles. The van der Waals surface area contributed by atoms with E-state index in [1.165, 1.54) is 0 Å². The number of aryl methyl sites for hydroxylation is 2. The van der Waals surface area contributed by atoms with Gasteiger partial charge in [0.25, 0.3) is 11.5 Å². The van der Waals surface area contributed by atoms with Gasteiger partial charge in [-0.05, 0) is 11.9 Å². The van der Waals surface area contributed by atoms with E-state index in [9.17, 15) is 0 Å². The van der Waals surface area contributed by atoms with Gasteiger partial charge in [-0.15, -0.1) is 0 Å². The number of rotatable bonds is 0. The molecule has 0 aliphatic rings. The lowest BCUT2D eigenvalue weighted by Gasteiger charge is -1.97. The highest BCUT2D eigenvalue weighted by Gasteiger charge is 2.14. The van der Waals surface area contributed by atoms with Crippen molar-refractivity contribution < 1.29 is 4.57 Å². The molecule has 12 heavy (non-hydrogen) atoms. The molecule has 4 heteroatoms. The smallest absolute Gasteiger partial charge is 0.298 e. The summed E-state index contributed by atoms with van der Waals surface area (Å²) in [6.45, 7) is 4.02. The number of nitrogens with zero attached hydrogens (tertiary/aromatic N) is 3. The van der Waals surface area contributed by atoms with Gasteiger partial charge in [0.15, 0.2) is 5.52 Å². The van der Waals surface area contributed by atoms with Gasteiger partial charge in [0.1, 0.15) is 5.69 Å².